The summed E-state index contributed by atoms with van der Waals surface area (Å²) in [6, 6.07) is 12.4. The van der Waals surface area contributed by atoms with E-state index in [0.717, 1.165) is 6.07 Å². The number of hydroxylamine groups is 1. The Hall–Kier alpha value is -3.42. The smallest absolute Gasteiger partial charge is 0.372 e. The molecule has 2 rings (SSSR count). The lowest BCUT2D eigenvalue weighted by Gasteiger charge is -2.22. The third-order valence-electron chi connectivity index (χ3n) is 2.90. The SMILES string of the molecule is C=CCN(Oc1ccccc1)c1cccc([N+](=O)[O-])c1[N+](=O)[O-]. The van der Waals surface area contributed by atoms with Crippen molar-refractivity contribution in [3.63, 3.8) is 0 Å². The summed E-state index contributed by atoms with van der Waals surface area (Å²) in [5, 5.41) is 23.5. The van der Waals surface area contributed by atoms with Crippen molar-refractivity contribution in [3.8, 4) is 5.75 Å². The highest BCUT2D eigenvalue weighted by Crippen LogP contribution is 2.37. The minimum Gasteiger partial charge on any atom is -0.379 e. The van der Waals surface area contributed by atoms with Gasteiger partial charge in [-0.15, -0.1) is 6.58 Å². The molecule has 2 aromatic carbocycles. The summed E-state index contributed by atoms with van der Waals surface area (Å²) in [6.45, 7) is 3.68. The first-order valence-corrected chi connectivity index (χ1v) is 6.58. The summed E-state index contributed by atoms with van der Waals surface area (Å²) >= 11 is 0. The Kier molecular flexibility index (Phi) is 4.88. The molecule has 0 aliphatic rings. The molecule has 0 heterocycles. The van der Waals surface area contributed by atoms with Crippen molar-refractivity contribution in [1.82, 2.24) is 0 Å². The van der Waals surface area contributed by atoms with Crippen LogP contribution < -0.4 is 9.90 Å². The van der Waals surface area contributed by atoms with Crippen molar-refractivity contribution in [2.45, 2.75) is 0 Å². The van der Waals surface area contributed by atoms with Gasteiger partial charge in [0.15, 0.2) is 11.4 Å². The second-order valence-electron chi connectivity index (χ2n) is 4.41. The van der Waals surface area contributed by atoms with E-state index in [2.05, 4.69) is 6.58 Å². The average Bonchev–Trinajstić information content (AvgIpc) is 2.54. The highest BCUT2D eigenvalue weighted by molar-refractivity contribution is 5.72. The quantitative estimate of drug-likeness (QED) is 0.440. The van der Waals surface area contributed by atoms with Crippen molar-refractivity contribution in [2.75, 3.05) is 11.6 Å². The molecule has 0 N–H and O–H groups in total. The van der Waals surface area contributed by atoms with Gasteiger partial charge in [0.25, 0.3) is 0 Å². The first kappa shape index (κ1) is 16.0. The Morgan fingerprint density at radius 2 is 1.74 bits per heavy atom. The van der Waals surface area contributed by atoms with Crippen molar-refractivity contribution in [2.24, 2.45) is 0 Å². The van der Waals surface area contributed by atoms with E-state index >= 15 is 0 Å². The molecule has 0 unspecified atom stereocenters. The summed E-state index contributed by atoms with van der Waals surface area (Å²) in [6.07, 6.45) is 1.48. The molecule has 0 atom stereocenters. The molecule has 8 nitrogen and oxygen atoms in total. The zero-order chi connectivity index (χ0) is 16.8. The van der Waals surface area contributed by atoms with Crippen molar-refractivity contribution in [3.05, 3.63) is 81.4 Å². The molecule has 0 radical (unpaired) electrons. The maximum atomic E-state index is 11.3. The maximum absolute atomic E-state index is 11.3. The molecule has 0 saturated carbocycles. The van der Waals surface area contributed by atoms with Crippen molar-refractivity contribution < 1.29 is 14.7 Å². The van der Waals surface area contributed by atoms with Crippen LogP contribution in [0.3, 0.4) is 0 Å². The standard InChI is InChI=1S/C15H13N3O5/c1-2-11-16(23-12-7-4-3-5-8-12)13-9-6-10-14(17(19)20)15(13)18(21)22/h2-10H,1,11H2. The van der Waals surface area contributed by atoms with Crippen LogP contribution in [0.4, 0.5) is 17.1 Å². The first-order chi connectivity index (χ1) is 11.0. The monoisotopic (exact) mass is 315 g/mol. The van der Waals surface area contributed by atoms with Crippen molar-refractivity contribution >= 4 is 17.1 Å². The highest BCUT2D eigenvalue weighted by Gasteiger charge is 2.31. The Morgan fingerprint density at radius 1 is 1.04 bits per heavy atom. The van der Waals surface area contributed by atoms with Gasteiger partial charge in [-0.3, -0.25) is 20.2 Å². The van der Waals surface area contributed by atoms with E-state index in [1.165, 1.54) is 23.3 Å². The second-order valence-corrected chi connectivity index (χ2v) is 4.41. The van der Waals surface area contributed by atoms with E-state index in [1.807, 2.05) is 0 Å². The van der Waals surface area contributed by atoms with Gasteiger partial charge in [-0.05, 0) is 18.2 Å². The molecular formula is C15H13N3O5. The van der Waals surface area contributed by atoms with Gasteiger partial charge < -0.3 is 4.84 Å². The number of nitrogens with zero attached hydrogens (tertiary/aromatic N) is 3. The summed E-state index contributed by atoms with van der Waals surface area (Å²) in [4.78, 5) is 26.4. The van der Waals surface area contributed by atoms with E-state index in [4.69, 9.17) is 4.84 Å². The Balaban J connectivity index is 2.50. The number of nitro benzene ring substituents is 2. The van der Waals surface area contributed by atoms with Crippen LogP contribution in [0.1, 0.15) is 0 Å². The Bertz CT molecular complexity index is 733. The van der Waals surface area contributed by atoms with E-state index in [-0.39, 0.29) is 12.2 Å². The number of nitro groups is 2. The molecule has 8 heteroatoms. The van der Waals surface area contributed by atoms with Gasteiger partial charge in [-0.1, -0.05) is 30.3 Å². The molecular weight excluding hydrogens is 302 g/mol. The normalized spacial score (nSPS) is 9.91. The lowest BCUT2D eigenvalue weighted by atomic mass is 10.2. The summed E-state index contributed by atoms with van der Waals surface area (Å²) in [5.74, 6) is 0.440. The zero-order valence-corrected chi connectivity index (χ0v) is 12.0. The Morgan fingerprint density at radius 3 is 2.30 bits per heavy atom. The van der Waals surface area contributed by atoms with Crippen LogP contribution in [0.25, 0.3) is 0 Å². The third kappa shape index (κ3) is 3.62. The molecule has 0 amide bonds. The van der Waals surface area contributed by atoms with Gasteiger partial charge in [-0.2, -0.15) is 5.06 Å². The number of anilines is 1. The predicted molar refractivity (Wildman–Crippen MR) is 84.4 cm³/mol. The van der Waals surface area contributed by atoms with Gasteiger partial charge in [0.1, 0.15) is 0 Å². The van der Waals surface area contributed by atoms with Gasteiger partial charge in [0.05, 0.1) is 16.4 Å². The fourth-order valence-corrected chi connectivity index (χ4v) is 1.97. The first-order valence-electron chi connectivity index (χ1n) is 6.58. The summed E-state index contributed by atoms with van der Waals surface area (Å²) < 4.78 is 0. The lowest BCUT2D eigenvalue weighted by Crippen LogP contribution is -2.28. The van der Waals surface area contributed by atoms with Crippen LogP contribution in [0.15, 0.2) is 61.2 Å². The van der Waals surface area contributed by atoms with E-state index < -0.39 is 21.2 Å². The third-order valence-corrected chi connectivity index (χ3v) is 2.90. The van der Waals surface area contributed by atoms with Gasteiger partial charge >= 0.3 is 11.4 Å². The fourth-order valence-electron chi connectivity index (χ4n) is 1.97. The van der Waals surface area contributed by atoms with Crippen LogP contribution in [-0.2, 0) is 0 Å². The fraction of sp³-hybridized carbons (Fsp3) is 0.0667. The zero-order valence-electron chi connectivity index (χ0n) is 12.0. The second kappa shape index (κ2) is 7.03. The number of para-hydroxylation sites is 2. The van der Waals surface area contributed by atoms with Gasteiger partial charge in [0, 0.05) is 6.07 Å². The molecule has 0 aliphatic heterocycles. The van der Waals surface area contributed by atoms with E-state index in [9.17, 15) is 20.2 Å². The highest BCUT2D eigenvalue weighted by atomic mass is 16.7. The number of rotatable bonds is 7. The molecule has 0 fully saturated rings. The van der Waals surface area contributed by atoms with Crippen LogP contribution in [-0.4, -0.2) is 16.4 Å². The summed E-state index contributed by atoms with van der Waals surface area (Å²) in [5.41, 5.74) is -1.25. The molecule has 0 aromatic heterocycles. The van der Waals surface area contributed by atoms with Crippen LogP contribution in [0, 0.1) is 20.2 Å². The van der Waals surface area contributed by atoms with E-state index in [0.29, 0.717) is 5.75 Å². The topological polar surface area (TPSA) is 98.8 Å². The minimum atomic E-state index is -0.795. The minimum absolute atomic E-state index is 0.0204. The van der Waals surface area contributed by atoms with Crippen molar-refractivity contribution in [1.29, 1.82) is 0 Å². The number of hydrogen-bond donors (Lipinski definition) is 0. The molecule has 0 aliphatic carbocycles. The van der Waals surface area contributed by atoms with Crippen LogP contribution in [0.5, 0.6) is 5.75 Å². The number of hydrogen-bond acceptors (Lipinski definition) is 6. The lowest BCUT2D eigenvalue weighted by molar-refractivity contribution is -0.422. The number of benzene rings is 2. The van der Waals surface area contributed by atoms with Crippen LogP contribution >= 0.6 is 0 Å². The molecule has 0 spiro atoms. The molecule has 23 heavy (non-hydrogen) atoms. The van der Waals surface area contributed by atoms with E-state index in [1.54, 1.807) is 30.3 Å². The average molecular weight is 315 g/mol. The van der Waals surface area contributed by atoms with Crippen LogP contribution in [0.2, 0.25) is 0 Å². The molecule has 118 valence electrons. The van der Waals surface area contributed by atoms with Gasteiger partial charge in [0.2, 0.25) is 0 Å². The summed E-state index contributed by atoms with van der Waals surface area (Å²) in [7, 11) is 0. The predicted octanol–water partition coefficient (Wildman–Crippen LogP) is 3.49. The van der Waals surface area contributed by atoms with Gasteiger partial charge in [-0.25, -0.2) is 0 Å². The Labute approximate surface area is 131 Å². The largest absolute Gasteiger partial charge is 0.379 e. The molecule has 2 aromatic rings. The molecule has 0 bridgehead atoms. The maximum Gasteiger partial charge on any atom is 0.372 e. The molecule has 0 saturated heterocycles.